The zero-order chi connectivity index (χ0) is 22.1. The highest BCUT2D eigenvalue weighted by atomic mass is 32.1. The summed E-state index contributed by atoms with van der Waals surface area (Å²) < 4.78 is 0. The average Bonchev–Trinajstić information content (AvgIpc) is 3.58. The molecule has 2 saturated heterocycles. The topological polar surface area (TPSA) is 61.4 Å². The van der Waals surface area contributed by atoms with Crippen LogP contribution in [0.4, 0.5) is 5.82 Å². The van der Waals surface area contributed by atoms with Gasteiger partial charge in [0.05, 0.1) is 11.4 Å². The zero-order valence-electron chi connectivity index (χ0n) is 18.8. The van der Waals surface area contributed by atoms with E-state index >= 15 is 0 Å². The van der Waals surface area contributed by atoms with E-state index in [1.54, 1.807) is 29.0 Å². The first kappa shape index (κ1) is 21.8. The molecule has 1 atom stereocenters. The summed E-state index contributed by atoms with van der Waals surface area (Å²) >= 11 is 3.53. The molecule has 0 radical (unpaired) electrons. The van der Waals surface area contributed by atoms with Crippen molar-refractivity contribution >= 4 is 44.6 Å². The van der Waals surface area contributed by atoms with E-state index in [0.717, 1.165) is 49.7 Å². The minimum absolute atomic E-state index is 0.0800. The van der Waals surface area contributed by atoms with Gasteiger partial charge in [-0.15, -0.1) is 22.7 Å². The lowest BCUT2D eigenvalue weighted by molar-refractivity contribution is -0.125. The number of amides is 1. The van der Waals surface area contributed by atoms with Gasteiger partial charge in [-0.2, -0.15) is 0 Å². The molecule has 32 heavy (non-hydrogen) atoms. The Kier molecular flexibility index (Phi) is 6.44. The Labute approximate surface area is 197 Å². The summed E-state index contributed by atoms with van der Waals surface area (Å²) in [6, 6.07) is 4.62. The van der Waals surface area contributed by atoms with Crippen LogP contribution in [0, 0.1) is 19.8 Å². The third kappa shape index (κ3) is 4.28. The van der Waals surface area contributed by atoms with Gasteiger partial charge < -0.3 is 10.2 Å². The maximum absolute atomic E-state index is 13.0. The van der Waals surface area contributed by atoms with Gasteiger partial charge in [0.1, 0.15) is 17.0 Å². The molecule has 0 bridgehead atoms. The predicted molar refractivity (Wildman–Crippen MR) is 133 cm³/mol. The van der Waals surface area contributed by atoms with Crippen LogP contribution in [0.15, 0.2) is 23.8 Å². The standard InChI is InChI=1S/C24H31N5OS2/c1-16-17(2)32-24-21(16)22(26-15-27-24)29-11-7-18(8-12-29)23(30)25-14-19(20-6-5-13-31-20)28-9-3-4-10-28/h5-6,13,15,18-19H,3-4,7-12,14H2,1-2H3,(H,25,30). The third-order valence-corrected chi connectivity index (χ3v) is 9.12. The van der Waals surface area contributed by atoms with E-state index in [9.17, 15) is 4.79 Å². The summed E-state index contributed by atoms with van der Waals surface area (Å²) in [5, 5.41) is 6.62. The molecule has 1 N–H and O–H groups in total. The Hall–Kier alpha value is -2.03. The van der Waals surface area contributed by atoms with Crippen LogP contribution in [-0.2, 0) is 4.79 Å². The molecule has 3 aromatic heterocycles. The summed E-state index contributed by atoms with van der Waals surface area (Å²) in [6.45, 7) is 8.99. The van der Waals surface area contributed by atoms with Gasteiger partial charge in [0, 0.05) is 35.3 Å². The van der Waals surface area contributed by atoms with Gasteiger partial charge in [-0.25, -0.2) is 9.97 Å². The van der Waals surface area contributed by atoms with Crippen LogP contribution in [0.5, 0.6) is 0 Å². The van der Waals surface area contributed by atoms with Crippen LogP contribution < -0.4 is 10.2 Å². The fourth-order valence-electron chi connectivity index (χ4n) is 5.04. The number of likely N-dealkylation sites (tertiary alicyclic amines) is 1. The van der Waals surface area contributed by atoms with Crippen LogP contribution in [0.25, 0.3) is 10.2 Å². The maximum atomic E-state index is 13.0. The number of thiophene rings is 2. The Morgan fingerprint density at radius 1 is 1.19 bits per heavy atom. The molecule has 0 saturated carbocycles. The molecule has 170 valence electrons. The summed E-state index contributed by atoms with van der Waals surface area (Å²) in [5.41, 5.74) is 1.28. The van der Waals surface area contributed by atoms with Gasteiger partial charge in [0.25, 0.3) is 0 Å². The van der Waals surface area contributed by atoms with Crippen molar-refractivity contribution in [2.45, 2.75) is 45.6 Å². The summed E-state index contributed by atoms with van der Waals surface area (Å²) in [7, 11) is 0. The fourth-order valence-corrected chi connectivity index (χ4v) is 6.89. The van der Waals surface area contributed by atoms with E-state index in [0.29, 0.717) is 12.6 Å². The smallest absolute Gasteiger partial charge is 0.223 e. The second-order valence-corrected chi connectivity index (χ2v) is 11.1. The molecule has 2 fully saturated rings. The lowest BCUT2D eigenvalue weighted by Gasteiger charge is -2.33. The quantitative estimate of drug-likeness (QED) is 0.574. The van der Waals surface area contributed by atoms with E-state index in [-0.39, 0.29) is 11.8 Å². The molecule has 2 aliphatic rings. The van der Waals surface area contributed by atoms with E-state index < -0.39 is 0 Å². The second-order valence-electron chi connectivity index (χ2n) is 8.94. The highest BCUT2D eigenvalue weighted by Gasteiger charge is 2.29. The molecule has 8 heteroatoms. The number of nitrogens with one attached hydrogen (secondary N) is 1. The molecule has 0 aliphatic carbocycles. The minimum atomic E-state index is 0.0800. The molecule has 2 aliphatic heterocycles. The number of carbonyl (C=O) groups excluding carboxylic acids is 1. The number of hydrogen-bond acceptors (Lipinski definition) is 7. The maximum Gasteiger partial charge on any atom is 0.223 e. The number of nitrogens with zero attached hydrogens (tertiary/aromatic N) is 4. The number of hydrogen-bond donors (Lipinski definition) is 1. The Bertz CT molecular complexity index is 1070. The number of carbonyl (C=O) groups is 1. The molecule has 1 unspecified atom stereocenters. The molecular formula is C24H31N5OS2. The molecule has 1 amide bonds. The molecule has 5 heterocycles. The van der Waals surface area contributed by atoms with E-state index in [1.807, 2.05) is 0 Å². The Morgan fingerprint density at radius 2 is 1.97 bits per heavy atom. The van der Waals surface area contributed by atoms with Crippen molar-refractivity contribution < 1.29 is 4.79 Å². The summed E-state index contributed by atoms with van der Waals surface area (Å²) in [6.07, 6.45) is 5.93. The van der Waals surface area contributed by atoms with Crippen LogP contribution in [0.1, 0.15) is 47.0 Å². The summed E-state index contributed by atoms with van der Waals surface area (Å²) in [5.74, 6) is 1.32. The predicted octanol–water partition coefficient (Wildman–Crippen LogP) is 4.54. The number of piperidine rings is 1. The molecular weight excluding hydrogens is 438 g/mol. The number of fused-ring (bicyclic) bond motifs is 1. The molecule has 6 nitrogen and oxygen atoms in total. The van der Waals surface area contributed by atoms with Gasteiger partial charge in [-0.05, 0) is 69.6 Å². The number of aromatic nitrogens is 2. The summed E-state index contributed by atoms with van der Waals surface area (Å²) in [4.78, 5) is 30.7. The van der Waals surface area contributed by atoms with E-state index in [2.05, 4.69) is 56.4 Å². The lowest BCUT2D eigenvalue weighted by Crippen LogP contribution is -2.43. The number of anilines is 1. The van der Waals surface area contributed by atoms with Crippen molar-refractivity contribution in [2.24, 2.45) is 5.92 Å². The van der Waals surface area contributed by atoms with Crippen molar-refractivity contribution in [3.05, 3.63) is 39.2 Å². The number of rotatable bonds is 6. The van der Waals surface area contributed by atoms with Crippen LogP contribution in [0.2, 0.25) is 0 Å². The molecule has 0 spiro atoms. The highest BCUT2D eigenvalue weighted by molar-refractivity contribution is 7.18. The molecule has 5 rings (SSSR count). The van der Waals surface area contributed by atoms with Crippen molar-refractivity contribution in [3.63, 3.8) is 0 Å². The van der Waals surface area contributed by atoms with Gasteiger partial charge >= 0.3 is 0 Å². The van der Waals surface area contributed by atoms with Crippen molar-refractivity contribution in [1.29, 1.82) is 0 Å². The first-order chi connectivity index (χ1) is 15.6. The van der Waals surface area contributed by atoms with E-state index in [4.69, 9.17) is 0 Å². The van der Waals surface area contributed by atoms with Gasteiger partial charge in [0.15, 0.2) is 0 Å². The lowest BCUT2D eigenvalue weighted by atomic mass is 9.95. The third-order valence-electron chi connectivity index (χ3n) is 7.03. The van der Waals surface area contributed by atoms with Crippen molar-refractivity contribution in [3.8, 4) is 0 Å². The van der Waals surface area contributed by atoms with Gasteiger partial charge in [-0.3, -0.25) is 9.69 Å². The van der Waals surface area contributed by atoms with Crippen LogP contribution in [0.3, 0.4) is 0 Å². The van der Waals surface area contributed by atoms with Crippen LogP contribution >= 0.6 is 22.7 Å². The molecule has 0 aromatic carbocycles. The van der Waals surface area contributed by atoms with Crippen LogP contribution in [-0.4, -0.2) is 53.5 Å². The monoisotopic (exact) mass is 469 g/mol. The second kappa shape index (κ2) is 9.45. The SMILES string of the molecule is Cc1sc2ncnc(N3CCC(C(=O)NCC(c4cccs4)N4CCCC4)CC3)c2c1C. The van der Waals surface area contributed by atoms with E-state index in [1.165, 1.54) is 33.5 Å². The van der Waals surface area contributed by atoms with Gasteiger partial charge in [0.2, 0.25) is 5.91 Å². The fraction of sp³-hybridized carbons (Fsp3) is 0.542. The zero-order valence-corrected chi connectivity index (χ0v) is 20.5. The normalized spacial score (nSPS) is 19.0. The van der Waals surface area contributed by atoms with Gasteiger partial charge in [-0.1, -0.05) is 6.07 Å². The molecule has 3 aromatic rings. The Morgan fingerprint density at radius 3 is 2.69 bits per heavy atom. The van der Waals surface area contributed by atoms with Crippen molar-refractivity contribution in [1.82, 2.24) is 20.2 Å². The highest BCUT2D eigenvalue weighted by Crippen LogP contribution is 2.35. The largest absolute Gasteiger partial charge is 0.356 e. The minimum Gasteiger partial charge on any atom is -0.356 e. The first-order valence-electron chi connectivity index (χ1n) is 11.6. The number of aryl methyl sites for hydroxylation is 2. The Balaban J connectivity index is 1.21. The average molecular weight is 470 g/mol. The van der Waals surface area contributed by atoms with Crippen molar-refractivity contribution in [2.75, 3.05) is 37.6 Å². The first-order valence-corrected chi connectivity index (χ1v) is 13.3.